The highest BCUT2D eigenvalue weighted by atomic mass is 28.2. The minimum Gasteiger partial charge on any atom is -0.428 e. The van der Waals surface area contributed by atoms with Gasteiger partial charge >= 0.3 is 0 Å². The molecule has 0 aliphatic carbocycles. The Labute approximate surface area is 39.9 Å². The Morgan fingerprint density at radius 2 is 2.33 bits per heavy atom. The second kappa shape index (κ2) is 4.66. The summed E-state index contributed by atoms with van der Waals surface area (Å²) >= 11 is 0. The van der Waals surface area contributed by atoms with Crippen LogP contribution in [0.5, 0.6) is 0 Å². The topological polar surface area (TPSA) is 20.2 Å². The minimum atomic E-state index is -0.0872. The van der Waals surface area contributed by atoms with Crippen molar-refractivity contribution in [3.63, 3.8) is 0 Å². The molecule has 32 valence electrons. The van der Waals surface area contributed by atoms with Crippen LogP contribution < -0.4 is 0 Å². The first-order valence-corrected chi connectivity index (χ1v) is 2.61. The van der Waals surface area contributed by atoms with Gasteiger partial charge in [-0.05, 0) is 0 Å². The normalized spacial score (nSPS) is 9.50. The van der Waals surface area contributed by atoms with Crippen molar-refractivity contribution in [1.29, 1.82) is 0 Å². The van der Waals surface area contributed by atoms with Gasteiger partial charge in [0.15, 0.2) is 0 Å². The quantitative estimate of drug-likeness (QED) is 0.389. The molecule has 0 heterocycles. The van der Waals surface area contributed by atoms with E-state index in [1.807, 2.05) is 0 Å². The maximum Gasteiger partial charge on any atom is 0.257 e. The van der Waals surface area contributed by atoms with Crippen LogP contribution in [0.1, 0.15) is 0 Å². The first kappa shape index (κ1) is 5.66. The fourth-order valence-corrected chi connectivity index (χ4v) is 0.333. The van der Waals surface area contributed by atoms with Gasteiger partial charge < -0.3 is 4.80 Å². The SMILES string of the molecule is C=C/C=C/[Si]O. The van der Waals surface area contributed by atoms with Crippen LogP contribution in [-0.2, 0) is 0 Å². The van der Waals surface area contributed by atoms with Crippen LogP contribution in [0.3, 0.4) is 0 Å². The number of hydrogen-bond acceptors (Lipinski definition) is 1. The van der Waals surface area contributed by atoms with Gasteiger partial charge in [-0.3, -0.25) is 0 Å². The maximum atomic E-state index is 8.09. The third-order valence-electron chi connectivity index (χ3n) is 0.307. The van der Waals surface area contributed by atoms with E-state index in [1.54, 1.807) is 17.9 Å². The average molecular weight is 98.2 g/mol. The Morgan fingerprint density at radius 1 is 1.67 bits per heavy atom. The zero-order valence-electron chi connectivity index (χ0n) is 3.39. The molecule has 0 unspecified atom stereocenters. The summed E-state index contributed by atoms with van der Waals surface area (Å²) in [4.78, 5) is 8.09. The Morgan fingerprint density at radius 3 is 2.50 bits per heavy atom. The van der Waals surface area contributed by atoms with Crippen LogP contribution in [0.25, 0.3) is 0 Å². The van der Waals surface area contributed by atoms with E-state index >= 15 is 0 Å². The molecule has 0 fully saturated rings. The van der Waals surface area contributed by atoms with Gasteiger partial charge in [-0.2, -0.15) is 0 Å². The number of hydrogen-bond donors (Lipinski definition) is 1. The molecule has 0 aliphatic rings. The Balaban J connectivity index is 2.94. The molecule has 2 radical (unpaired) electrons. The van der Waals surface area contributed by atoms with Gasteiger partial charge in [-0.25, -0.2) is 0 Å². The van der Waals surface area contributed by atoms with E-state index in [9.17, 15) is 0 Å². The summed E-state index contributed by atoms with van der Waals surface area (Å²) in [5.41, 5.74) is 1.65. The molecule has 0 aromatic rings. The van der Waals surface area contributed by atoms with Gasteiger partial charge in [0, 0.05) is 0 Å². The van der Waals surface area contributed by atoms with Crippen molar-refractivity contribution in [3.05, 3.63) is 24.4 Å². The highest BCUT2D eigenvalue weighted by molar-refractivity contribution is 6.32. The summed E-state index contributed by atoms with van der Waals surface area (Å²) in [6.07, 6.45) is 3.33. The highest BCUT2D eigenvalue weighted by Gasteiger charge is 1.61. The van der Waals surface area contributed by atoms with E-state index in [0.717, 1.165) is 0 Å². The summed E-state index contributed by atoms with van der Waals surface area (Å²) in [5, 5.41) is 0. The van der Waals surface area contributed by atoms with Crippen molar-refractivity contribution in [3.8, 4) is 0 Å². The first-order chi connectivity index (χ1) is 2.91. The molecule has 0 saturated heterocycles. The summed E-state index contributed by atoms with van der Waals surface area (Å²) in [6, 6.07) is 0. The van der Waals surface area contributed by atoms with Crippen LogP contribution in [0.2, 0.25) is 0 Å². The van der Waals surface area contributed by atoms with Gasteiger partial charge in [0.05, 0.1) is 0 Å². The van der Waals surface area contributed by atoms with Crippen molar-refractivity contribution in [2.75, 3.05) is 0 Å². The molecule has 0 aromatic heterocycles. The smallest absolute Gasteiger partial charge is 0.257 e. The predicted octanol–water partition coefficient (Wildman–Crippen LogP) is 0.298. The molecule has 1 N–H and O–H groups in total. The predicted molar refractivity (Wildman–Crippen MR) is 27.3 cm³/mol. The second-order valence-electron chi connectivity index (χ2n) is 0.724. The fraction of sp³-hybridized carbons (Fsp3) is 0. The lowest BCUT2D eigenvalue weighted by Crippen LogP contribution is -1.74. The molecule has 0 aromatic carbocycles. The third-order valence-corrected chi connectivity index (χ3v) is 0.648. The zero-order chi connectivity index (χ0) is 4.83. The van der Waals surface area contributed by atoms with Gasteiger partial charge in [0.2, 0.25) is 0 Å². The molecule has 1 nitrogen and oxygen atoms in total. The van der Waals surface area contributed by atoms with Crippen molar-refractivity contribution >= 4 is 9.76 Å². The van der Waals surface area contributed by atoms with E-state index in [2.05, 4.69) is 6.58 Å². The molecule has 0 spiro atoms. The molecule has 0 amide bonds. The van der Waals surface area contributed by atoms with Gasteiger partial charge in [0.25, 0.3) is 9.76 Å². The lowest BCUT2D eigenvalue weighted by Gasteiger charge is -1.64. The Kier molecular flexibility index (Phi) is 4.39. The molecule has 2 heteroatoms. The summed E-state index contributed by atoms with van der Waals surface area (Å²) in [6.45, 7) is 3.40. The van der Waals surface area contributed by atoms with Crippen molar-refractivity contribution in [2.24, 2.45) is 0 Å². The van der Waals surface area contributed by atoms with E-state index in [-0.39, 0.29) is 9.76 Å². The lowest BCUT2D eigenvalue weighted by atomic mass is 10.6. The molecule has 0 bridgehead atoms. The summed E-state index contributed by atoms with van der Waals surface area (Å²) in [5.74, 6) is 0. The summed E-state index contributed by atoms with van der Waals surface area (Å²) in [7, 11) is -0.0872. The van der Waals surface area contributed by atoms with E-state index in [4.69, 9.17) is 4.80 Å². The molecular weight excluding hydrogens is 92.1 g/mol. The van der Waals surface area contributed by atoms with Crippen LogP contribution >= 0.6 is 0 Å². The molecule has 0 saturated carbocycles. The van der Waals surface area contributed by atoms with Crippen LogP contribution in [0.15, 0.2) is 24.4 Å². The van der Waals surface area contributed by atoms with Crippen molar-refractivity contribution in [2.45, 2.75) is 0 Å². The monoisotopic (exact) mass is 98.0 g/mol. The van der Waals surface area contributed by atoms with Crippen molar-refractivity contribution in [1.82, 2.24) is 0 Å². The van der Waals surface area contributed by atoms with Gasteiger partial charge in [-0.1, -0.05) is 24.4 Å². The average Bonchev–Trinajstić information content (AvgIpc) is 1.61. The molecular formula is C4H6OSi. The third kappa shape index (κ3) is 3.66. The van der Waals surface area contributed by atoms with E-state index in [1.165, 1.54) is 0 Å². The van der Waals surface area contributed by atoms with Crippen LogP contribution in [0.4, 0.5) is 0 Å². The van der Waals surface area contributed by atoms with Crippen LogP contribution in [0, 0.1) is 0 Å². The summed E-state index contributed by atoms with van der Waals surface area (Å²) < 4.78 is 0. The van der Waals surface area contributed by atoms with E-state index in [0.29, 0.717) is 0 Å². The maximum absolute atomic E-state index is 8.09. The van der Waals surface area contributed by atoms with Crippen molar-refractivity contribution < 1.29 is 4.80 Å². The lowest BCUT2D eigenvalue weighted by molar-refractivity contribution is 0.614. The second-order valence-corrected chi connectivity index (χ2v) is 1.32. The van der Waals surface area contributed by atoms with E-state index < -0.39 is 0 Å². The fourth-order valence-electron chi connectivity index (χ4n) is 0.111. The molecule has 0 aliphatic heterocycles. The first-order valence-electron chi connectivity index (χ1n) is 1.59. The minimum absolute atomic E-state index is 0.0872. The van der Waals surface area contributed by atoms with Crippen LogP contribution in [-0.4, -0.2) is 14.6 Å². The molecule has 0 atom stereocenters. The van der Waals surface area contributed by atoms with Gasteiger partial charge in [0.1, 0.15) is 0 Å². The number of allylic oxidation sites excluding steroid dienone is 2. The largest absolute Gasteiger partial charge is 0.428 e. The van der Waals surface area contributed by atoms with Gasteiger partial charge in [-0.15, -0.1) is 0 Å². The highest BCUT2D eigenvalue weighted by Crippen LogP contribution is 1.64. The Bertz CT molecular complexity index is 58.6. The Hall–Kier alpha value is -0.343. The number of rotatable bonds is 2. The standard InChI is InChI=1S/C4H6OSi/c1-2-3-4-6-5/h2-5H,1H2/b4-3+. The molecule has 6 heavy (non-hydrogen) atoms. The zero-order valence-corrected chi connectivity index (χ0v) is 4.39. The molecule has 0 rings (SSSR count).